The van der Waals surface area contributed by atoms with Crippen LogP contribution in [0.15, 0.2) is 78.4 Å². The van der Waals surface area contributed by atoms with Gasteiger partial charge in [0.15, 0.2) is 0 Å². The molecule has 0 spiro atoms. The van der Waals surface area contributed by atoms with Gasteiger partial charge in [0.05, 0.1) is 23.1 Å². The number of non-ortho nitro benzene ring substituents is 1. The number of aliphatic hydroxyl groups excluding tert-OH is 1. The van der Waals surface area contributed by atoms with Gasteiger partial charge in [-0.05, 0) is 42.3 Å². The van der Waals surface area contributed by atoms with Crippen molar-refractivity contribution < 1.29 is 24.4 Å². The lowest BCUT2D eigenvalue weighted by Crippen LogP contribution is -2.29. The maximum atomic E-state index is 13.3. The predicted octanol–water partition coefficient (Wildman–Crippen LogP) is 4.68. The monoisotopic (exact) mass is 501 g/mol. The summed E-state index contributed by atoms with van der Waals surface area (Å²) in [7, 11) is 3.80. The summed E-state index contributed by atoms with van der Waals surface area (Å²) in [6, 6.07) is 19.0. The van der Waals surface area contributed by atoms with E-state index in [0.29, 0.717) is 17.9 Å². The van der Waals surface area contributed by atoms with Crippen LogP contribution in [-0.2, 0) is 16.1 Å². The maximum absolute atomic E-state index is 13.3. The quantitative estimate of drug-likeness (QED) is 0.157. The van der Waals surface area contributed by atoms with Crippen molar-refractivity contribution in [3.8, 4) is 5.75 Å². The lowest BCUT2D eigenvalue weighted by molar-refractivity contribution is -0.384. The third-order valence-corrected chi connectivity index (χ3v) is 6.18. The number of nitro benzene ring substituents is 1. The van der Waals surface area contributed by atoms with E-state index in [2.05, 4.69) is 0 Å². The average Bonchev–Trinajstić information content (AvgIpc) is 3.14. The molecule has 1 unspecified atom stereocenters. The Kier molecular flexibility index (Phi) is 7.24. The number of benzene rings is 3. The van der Waals surface area contributed by atoms with Gasteiger partial charge in [0.1, 0.15) is 11.5 Å². The van der Waals surface area contributed by atoms with E-state index >= 15 is 0 Å². The Balaban J connectivity index is 1.82. The zero-order chi connectivity index (χ0) is 26.7. The number of aliphatic hydroxyl groups is 1. The highest BCUT2D eigenvalue weighted by atomic mass is 16.6. The van der Waals surface area contributed by atoms with Gasteiger partial charge in [-0.25, -0.2) is 0 Å². The standard InChI is InChI=1S/C28H27N3O6/c1-4-37-23-14-8-18(9-15-23)17-30-25(19-10-12-21(13-11-19)29(2)3)24(27(33)28(30)34)26(32)20-6-5-7-22(16-20)31(35)36/h5-16,25,32H,4,17H2,1-3H3/b26-24-. The van der Waals surface area contributed by atoms with Crippen molar-refractivity contribution in [2.45, 2.75) is 19.5 Å². The van der Waals surface area contributed by atoms with Crippen LogP contribution in [0, 0.1) is 10.1 Å². The van der Waals surface area contributed by atoms with Gasteiger partial charge in [-0.15, -0.1) is 0 Å². The molecule has 190 valence electrons. The Morgan fingerprint density at radius 1 is 1.05 bits per heavy atom. The molecular formula is C28H27N3O6. The number of amides is 1. The van der Waals surface area contributed by atoms with E-state index in [9.17, 15) is 24.8 Å². The van der Waals surface area contributed by atoms with Crippen LogP contribution < -0.4 is 9.64 Å². The first-order chi connectivity index (χ1) is 17.7. The SMILES string of the molecule is CCOc1ccc(CN2C(=O)C(=O)/C(=C(\O)c3cccc([N+](=O)[O-])c3)C2c2ccc(N(C)C)cc2)cc1. The number of carbonyl (C=O) groups is 2. The van der Waals surface area contributed by atoms with E-state index in [1.807, 2.05) is 50.2 Å². The van der Waals surface area contributed by atoms with Crippen molar-refractivity contribution in [1.29, 1.82) is 0 Å². The molecule has 0 saturated carbocycles. The van der Waals surface area contributed by atoms with Crippen LogP contribution >= 0.6 is 0 Å². The Morgan fingerprint density at radius 3 is 2.32 bits per heavy atom. The molecule has 1 saturated heterocycles. The zero-order valence-corrected chi connectivity index (χ0v) is 20.7. The van der Waals surface area contributed by atoms with E-state index in [1.165, 1.54) is 29.2 Å². The fraction of sp³-hybridized carbons (Fsp3) is 0.214. The summed E-state index contributed by atoms with van der Waals surface area (Å²) in [5.74, 6) is -1.38. The number of carbonyl (C=O) groups excluding carboxylic acids is 2. The summed E-state index contributed by atoms with van der Waals surface area (Å²) in [5.41, 5.74) is 2.06. The van der Waals surface area contributed by atoms with Gasteiger partial charge in [0, 0.05) is 44.0 Å². The van der Waals surface area contributed by atoms with Gasteiger partial charge in [-0.1, -0.05) is 36.4 Å². The lowest BCUT2D eigenvalue weighted by atomic mass is 9.94. The van der Waals surface area contributed by atoms with E-state index in [4.69, 9.17) is 4.74 Å². The molecule has 0 bridgehead atoms. The van der Waals surface area contributed by atoms with E-state index < -0.39 is 28.4 Å². The van der Waals surface area contributed by atoms with E-state index in [0.717, 1.165) is 11.3 Å². The normalized spacial score (nSPS) is 16.6. The van der Waals surface area contributed by atoms with Crippen molar-refractivity contribution >= 4 is 28.8 Å². The molecule has 4 rings (SSSR count). The van der Waals surface area contributed by atoms with Gasteiger partial charge in [-0.2, -0.15) is 0 Å². The van der Waals surface area contributed by atoms with Crippen molar-refractivity contribution in [3.05, 3.63) is 105 Å². The first-order valence-electron chi connectivity index (χ1n) is 11.7. The molecule has 9 heteroatoms. The number of hydrogen-bond donors (Lipinski definition) is 1. The zero-order valence-electron chi connectivity index (χ0n) is 20.7. The number of nitro groups is 1. The van der Waals surface area contributed by atoms with Gasteiger partial charge in [0.2, 0.25) is 0 Å². The fourth-order valence-corrected chi connectivity index (χ4v) is 4.32. The number of ketones is 1. The summed E-state index contributed by atoms with van der Waals surface area (Å²) in [4.78, 5) is 40.5. The molecule has 9 nitrogen and oxygen atoms in total. The topological polar surface area (TPSA) is 113 Å². The summed E-state index contributed by atoms with van der Waals surface area (Å²) in [6.45, 7) is 2.52. The second-order valence-electron chi connectivity index (χ2n) is 8.80. The smallest absolute Gasteiger partial charge is 0.295 e. The maximum Gasteiger partial charge on any atom is 0.295 e. The molecule has 3 aromatic carbocycles. The summed E-state index contributed by atoms with van der Waals surface area (Å²) in [5, 5.41) is 22.5. The fourth-order valence-electron chi connectivity index (χ4n) is 4.32. The first-order valence-corrected chi connectivity index (χ1v) is 11.7. The van der Waals surface area contributed by atoms with Gasteiger partial charge in [-0.3, -0.25) is 19.7 Å². The highest BCUT2D eigenvalue weighted by molar-refractivity contribution is 6.46. The minimum atomic E-state index is -0.887. The first kappa shape index (κ1) is 25.4. The summed E-state index contributed by atoms with van der Waals surface area (Å²) in [6.07, 6.45) is 0. The average molecular weight is 502 g/mol. The van der Waals surface area contributed by atoms with Crippen molar-refractivity contribution in [3.63, 3.8) is 0 Å². The van der Waals surface area contributed by atoms with Crippen LogP contribution in [0.25, 0.3) is 5.76 Å². The molecule has 1 N–H and O–H groups in total. The summed E-state index contributed by atoms with van der Waals surface area (Å²) >= 11 is 0. The van der Waals surface area contributed by atoms with Crippen LogP contribution in [0.5, 0.6) is 5.75 Å². The van der Waals surface area contributed by atoms with Crippen molar-refractivity contribution in [2.75, 3.05) is 25.6 Å². The molecule has 0 radical (unpaired) electrons. The minimum absolute atomic E-state index is 0.0863. The third-order valence-electron chi connectivity index (χ3n) is 6.18. The molecule has 37 heavy (non-hydrogen) atoms. The molecular weight excluding hydrogens is 474 g/mol. The van der Waals surface area contributed by atoms with E-state index in [1.54, 1.807) is 24.3 Å². The third kappa shape index (κ3) is 5.16. The van der Waals surface area contributed by atoms with Crippen LogP contribution in [-0.4, -0.2) is 47.3 Å². The van der Waals surface area contributed by atoms with Gasteiger partial charge >= 0.3 is 0 Å². The number of Topliss-reactive ketones (excluding diaryl/α,β-unsaturated/α-hetero) is 1. The number of anilines is 1. The van der Waals surface area contributed by atoms with E-state index in [-0.39, 0.29) is 23.4 Å². The molecule has 3 aromatic rings. The predicted molar refractivity (Wildman–Crippen MR) is 139 cm³/mol. The molecule has 0 aromatic heterocycles. The van der Waals surface area contributed by atoms with Crippen LogP contribution in [0.1, 0.15) is 29.7 Å². The van der Waals surface area contributed by atoms with Crippen LogP contribution in [0.3, 0.4) is 0 Å². The molecule has 1 heterocycles. The second kappa shape index (κ2) is 10.5. The van der Waals surface area contributed by atoms with Gasteiger partial charge < -0.3 is 19.6 Å². The number of hydrogen-bond acceptors (Lipinski definition) is 7. The Bertz CT molecular complexity index is 1360. The van der Waals surface area contributed by atoms with Crippen LogP contribution in [0.2, 0.25) is 0 Å². The highest BCUT2D eigenvalue weighted by Gasteiger charge is 2.46. The molecule has 1 aliphatic heterocycles. The lowest BCUT2D eigenvalue weighted by Gasteiger charge is -2.26. The number of likely N-dealkylation sites (tertiary alicyclic amines) is 1. The summed E-state index contributed by atoms with van der Waals surface area (Å²) < 4.78 is 5.49. The molecule has 0 aliphatic carbocycles. The largest absolute Gasteiger partial charge is 0.507 e. The molecule has 1 atom stereocenters. The van der Waals surface area contributed by atoms with Crippen molar-refractivity contribution in [1.82, 2.24) is 4.90 Å². The number of nitrogens with zero attached hydrogens (tertiary/aromatic N) is 3. The Labute approximate surface area is 214 Å². The Morgan fingerprint density at radius 2 is 1.73 bits per heavy atom. The highest BCUT2D eigenvalue weighted by Crippen LogP contribution is 2.41. The molecule has 1 aliphatic rings. The second-order valence-corrected chi connectivity index (χ2v) is 8.80. The van der Waals surface area contributed by atoms with Crippen LogP contribution in [0.4, 0.5) is 11.4 Å². The Hall–Kier alpha value is -4.66. The van der Waals surface area contributed by atoms with Gasteiger partial charge in [0.25, 0.3) is 17.4 Å². The molecule has 1 amide bonds. The number of rotatable bonds is 8. The molecule has 1 fully saturated rings. The number of ether oxygens (including phenoxy) is 1. The van der Waals surface area contributed by atoms with Crippen molar-refractivity contribution in [2.24, 2.45) is 0 Å². The minimum Gasteiger partial charge on any atom is -0.507 e.